The maximum absolute atomic E-state index is 13.4. The van der Waals surface area contributed by atoms with Crippen molar-refractivity contribution in [1.82, 2.24) is 0 Å². The summed E-state index contributed by atoms with van der Waals surface area (Å²) in [6.07, 6.45) is 0. The zero-order valence-corrected chi connectivity index (χ0v) is 12.6. The minimum absolute atomic E-state index is 0.00849. The lowest BCUT2D eigenvalue weighted by molar-refractivity contribution is 0.0697. The van der Waals surface area contributed by atoms with Gasteiger partial charge in [0.1, 0.15) is 5.82 Å². The smallest absolute Gasteiger partial charge is 0.336 e. The van der Waals surface area contributed by atoms with Gasteiger partial charge in [0, 0.05) is 11.1 Å². The van der Waals surface area contributed by atoms with Crippen molar-refractivity contribution in [1.29, 1.82) is 0 Å². The first-order valence-electron chi connectivity index (χ1n) is 5.19. The van der Waals surface area contributed by atoms with Gasteiger partial charge in [-0.1, -0.05) is 46.4 Å². The highest BCUT2D eigenvalue weighted by Gasteiger charge is 2.21. The molecule has 20 heavy (non-hydrogen) atoms. The van der Waals surface area contributed by atoms with E-state index in [0.29, 0.717) is 0 Å². The second-order valence-corrected chi connectivity index (χ2v) is 5.41. The molecule has 0 saturated carbocycles. The molecule has 0 aliphatic carbocycles. The number of benzene rings is 2. The Hall–Kier alpha value is -1.000. The van der Waals surface area contributed by atoms with E-state index in [4.69, 9.17) is 51.5 Å². The summed E-state index contributed by atoms with van der Waals surface area (Å²) in [4.78, 5) is 11.2. The van der Waals surface area contributed by atoms with Crippen LogP contribution in [0.4, 0.5) is 4.39 Å². The molecule has 0 atom stereocenters. The van der Waals surface area contributed by atoms with Gasteiger partial charge in [-0.3, -0.25) is 0 Å². The van der Waals surface area contributed by atoms with E-state index in [1.165, 1.54) is 6.07 Å². The Morgan fingerprint density at radius 2 is 1.55 bits per heavy atom. The summed E-state index contributed by atoms with van der Waals surface area (Å²) in [5.74, 6) is -1.88. The Morgan fingerprint density at radius 3 is 2.05 bits per heavy atom. The fourth-order valence-electron chi connectivity index (χ4n) is 1.72. The van der Waals surface area contributed by atoms with Crippen LogP contribution in [0.5, 0.6) is 0 Å². The number of carbonyl (C=O) groups is 1. The summed E-state index contributed by atoms with van der Waals surface area (Å²) >= 11 is 23.9. The van der Waals surface area contributed by atoms with E-state index in [1.807, 2.05) is 0 Å². The number of hydrogen-bond acceptors (Lipinski definition) is 1. The summed E-state index contributed by atoms with van der Waals surface area (Å²) in [6.45, 7) is 0. The second kappa shape index (κ2) is 5.78. The monoisotopic (exact) mass is 352 g/mol. The van der Waals surface area contributed by atoms with Crippen molar-refractivity contribution in [3.8, 4) is 11.1 Å². The molecule has 0 heterocycles. The van der Waals surface area contributed by atoms with Gasteiger partial charge in [-0.05, 0) is 24.3 Å². The molecular formula is C13H5Cl4FO2. The highest BCUT2D eigenvalue weighted by molar-refractivity contribution is 6.50. The molecule has 2 nitrogen and oxygen atoms in total. The zero-order chi connectivity index (χ0) is 15.0. The molecule has 0 unspecified atom stereocenters. The van der Waals surface area contributed by atoms with Crippen molar-refractivity contribution in [2.24, 2.45) is 0 Å². The van der Waals surface area contributed by atoms with E-state index >= 15 is 0 Å². The highest BCUT2D eigenvalue weighted by Crippen LogP contribution is 2.44. The molecule has 0 aliphatic heterocycles. The van der Waals surface area contributed by atoms with Gasteiger partial charge in [-0.25, -0.2) is 9.18 Å². The van der Waals surface area contributed by atoms with Gasteiger partial charge < -0.3 is 5.11 Å². The number of rotatable bonds is 2. The topological polar surface area (TPSA) is 37.3 Å². The third-order valence-corrected chi connectivity index (χ3v) is 4.17. The first kappa shape index (κ1) is 15.4. The van der Waals surface area contributed by atoms with Crippen molar-refractivity contribution in [2.75, 3.05) is 0 Å². The SMILES string of the molecule is O=C(O)c1ccc(F)cc1-c1c(Cl)c(Cl)cc(Cl)c1Cl. The first-order chi connectivity index (χ1) is 9.32. The van der Waals surface area contributed by atoms with Crippen molar-refractivity contribution in [2.45, 2.75) is 0 Å². The summed E-state index contributed by atoms with van der Waals surface area (Å²) < 4.78 is 13.4. The fourth-order valence-corrected chi connectivity index (χ4v) is 2.73. The lowest BCUT2D eigenvalue weighted by Crippen LogP contribution is -2.01. The molecule has 0 aliphatic rings. The summed E-state index contributed by atoms with van der Waals surface area (Å²) in [6, 6.07) is 4.50. The molecule has 0 saturated heterocycles. The van der Waals surface area contributed by atoms with Crippen molar-refractivity contribution < 1.29 is 14.3 Å². The van der Waals surface area contributed by atoms with Crippen molar-refractivity contribution >= 4 is 52.4 Å². The third-order valence-electron chi connectivity index (χ3n) is 2.59. The Bertz CT molecular complexity index is 690. The second-order valence-electron chi connectivity index (χ2n) is 3.84. The zero-order valence-electron chi connectivity index (χ0n) is 9.55. The van der Waals surface area contributed by atoms with E-state index in [2.05, 4.69) is 0 Å². The Labute approximate surface area is 133 Å². The Kier molecular flexibility index (Phi) is 4.45. The van der Waals surface area contributed by atoms with Gasteiger partial charge in [0.2, 0.25) is 0 Å². The van der Waals surface area contributed by atoms with Crippen LogP contribution in [0.25, 0.3) is 11.1 Å². The number of halogens is 5. The van der Waals surface area contributed by atoms with E-state index in [1.54, 1.807) is 0 Å². The molecular weight excluding hydrogens is 349 g/mol. The van der Waals surface area contributed by atoms with E-state index in [-0.39, 0.29) is 36.8 Å². The minimum Gasteiger partial charge on any atom is -0.478 e. The third kappa shape index (κ3) is 2.72. The molecule has 0 fully saturated rings. The molecule has 0 aromatic heterocycles. The molecule has 7 heteroatoms. The van der Waals surface area contributed by atoms with Gasteiger partial charge in [0.25, 0.3) is 0 Å². The van der Waals surface area contributed by atoms with Gasteiger partial charge in [0.05, 0.1) is 25.7 Å². The van der Waals surface area contributed by atoms with Gasteiger partial charge >= 0.3 is 5.97 Å². The molecule has 1 N–H and O–H groups in total. The van der Waals surface area contributed by atoms with E-state index in [0.717, 1.165) is 18.2 Å². The van der Waals surface area contributed by atoms with Crippen LogP contribution in [0, 0.1) is 5.82 Å². The summed E-state index contributed by atoms with van der Waals surface area (Å²) in [5, 5.41) is 9.37. The normalized spacial score (nSPS) is 10.7. The average Bonchev–Trinajstić information content (AvgIpc) is 2.36. The van der Waals surface area contributed by atoms with Crippen LogP contribution in [0.2, 0.25) is 20.1 Å². The lowest BCUT2D eigenvalue weighted by atomic mass is 9.99. The van der Waals surface area contributed by atoms with Crippen LogP contribution >= 0.6 is 46.4 Å². The predicted molar refractivity (Wildman–Crippen MR) is 78.8 cm³/mol. The van der Waals surface area contributed by atoms with Crippen LogP contribution < -0.4 is 0 Å². The molecule has 2 aromatic carbocycles. The molecule has 0 amide bonds. The quantitative estimate of drug-likeness (QED) is 0.692. The van der Waals surface area contributed by atoms with Crippen molar-refractivity contribution in [3.63, 3.8) is 0 Å². The van der Waals surface area contributed by atoms with Crippen molar-refractivity contribution in [3.05, 3.63) is 55.7 Å². The number of carboxylic acids is 1. The van der Waals surface area contributed by atoms with Gasteiger partial charge in [0.15, 0.2) is 0 Å². The van der Waals surface area contributed by atoms with Crippen LogP contribution in [0.3, 0.4) is 0 Å². The van der Waals surface area contributed by atoms with E-state index < -0.39 is 11.8 Å². The van der Waals surface area contributed by atoms with Crippen LogP contribution in [-0.2, 0) is 0 Å². The standard InChI is InChI=1S/C13H5Cl4FO2/c14-8-4-9(15)12(17)10(11(8)16)7-3-5(18)1-2-6(7)13(19)20/h1-4H,(H,19,20). The Balaban J connectivity index is 2.88. The average molecular weight is 354 g/mol. The van der Waals surface area contributed by atoms with E-state index in [9.17, 15) is 9.18 Å². The van der Waals surface area contributed by atoms with Crippen LogP contribution in [0.15, 0.2) is 24.3 Å². The van der Waals surface area contributed by atoms with Gasteiger partial charge in [-0.2, -0.15) is 0 Å². The fraction of sp³-hybridized carbons (Fsp3) is 0. The molecule has 0 spiro atoms. The first-order valence-corrected chi connectivity index (χ1v) is 6.70. The maximum atomic E-state index is 13.4. The van der Waals surface area contributed by atoms with Crippen LogP contribution in [-0.4, -0.2) is 11.1 Å². The molecule has 2 aromatic rings. The summed E-state index contributed by atoms with van der Waals surface area (Å²) in [7, 11) is 0. The largest absolute Gasteiger partial charge is 0.478 e. The predicted octanol–water partition coefficient (Wildman–Crippen LogP) is 5.80. The van der Waals surface area contributed by atoms with Gasteiger partial charge in [-0.15, -0.1) is 0 Å². The molecule has 0 radical (unpaired) electrons. The molecule has 0 bridgehead atoms. The highest BCUT2D eigenvalue weighted by atomic mass is 35.5. The number of aromatic carboxylic acids is 1. The van der Waals surface area contributed by atoms with Crippen LogP contribution in [0.1, 0.15) is 10.4 Å². The molecule has 2 rings (SSSR count). The summed E-state index contributed by atoms with van der Waals surface area (Å²) in [5.41, 5.74) is -0.0619. The maximum Gasteiger partial charge on any atom is 0.336 e. The lowest BCUT2D eigenvalue weighted by Gasteiger charge is -2.13. The minimum atomic E-state index is -1.25. The number of carboxylic acid groups (broad SMARTS) is 1. The Morgan fingerprint density at radius 1 is 1.00 bits per heavy atom. The molecule has 104 valence electrons. The number of hydrogen-bond donors (Lipinski definition) is 1.